The summed E-state index contributed by atoms with van der Waals surface area (Å²) in [6, 6.07) is 65.7. The standard InChI is InChI=1S/C39H24N2O.C17H22GeN.Ir/c1-2-11-25(12-3-1)28-15-8-9-20-34(28)41-35-24-22-26-13-4-6-16-29(26)36(35)40-39(41)33-19-10-18-31-32-23-21-27-14-5-7-17-30(27)37(32)42-38(31)33;1-13(2)15-11-17(14-9-7-6-8-10-14)19-12-16(15)18(3,4)5;/h1-18,20-24,39H;6-9,11-13H,1-5H3;/q-2;-1;+3/i;13D;. The van der Waals surface area contributed by atoms with Crippen molar-refractivity contribution in [3.63, 3.8) is 0 Å². The number of benzene rings is 8. The van der Waals surface area contributed by atoms with E-state index < -0.39 is 19.2 Å². The Bertz CT molecular complexity index is 3270. The molecular weight excluding hydrogens is 995 g/mol. The molecule has 0 fully saturated rings. The van der Waals surface area contributed by atoms with Crippen LogP contribution in [0, 0.1) is 12.1 Å². The molecule has 62 heavy (non-hydrogen) atoms. The first kappa shape index (κ1) is 40.1. The Balaban J connectivity index is 0.000000204. The van der Waals surface area contributed by atoms with E-state index in [2.05, 4.69) is 179 Å². The predicted octanol–water partition coefficient (Wildman–Crippen LogP) is 15.4. The first-order valence-electron chi connectivity index (χ1n) is 21.4. The zero-order valence-electron chi connectivity index (χ0n) is 36.4. The van der Waals surface area contributed by atoms with Gasteiger partial charge in [0.25, 0.3) is 0 Å². The third kappa shape index (κ3) is 7.53. The Morgan fingerprint density at radius 1 is 0.661 bits per heavy atom. The van der Waals surface area contributed by atoms with Crippen LogP contribution in [0.2, 0.25) is 17.3 Å². The summed E-state index contributed by atoms with van der Waals surface area (Å²) in [7, 11) is 0. The molecule has 8 aromatic carbocycles. The van der Waals surface area contributed by atoms with Gasteiger partial charge in [-0.2, -0.15) is 18.2 Å². The summed E-state index contributed by atoms with van der Waals surface area (Å²) in [6.07, 6.45) is 1.65. The predicted molar refractivity (Wildman–Crippen MR) is 259 cm³/mol. The van der Waals surface area contributed by atoms with Crippen LogP contribution in [0.5, 0.6) is 0 Å². The molecule has 0 radical (unpaired) electrons. The summed E-state index contributed by atoms with van der Waals surface area (Å²) in [5.74, 6) is 6.45. The van der Waals surface area contributed by atoms with Crippen molar-refractivity contribution < 1.29 is 25.9 Å². The fourth-order valence-electron chi connectivity index (χ4n) is 8.73. The maximum absolute atomic E-state index is 8.44. The van der Waals surface area contributed by atoms with Gasteiger partial charge in [-0.3, -0.25) is 0 Å². The summed E-state index contributed by atoms with van der Waals surface area (Å²) in [6.45, 7) is 3.91. The smallest absolute Gasteiger partial charge is 0.660 e. The Labute approximate surface area is 381 Å². The van der Waals surface area contributed by atoms with Crippen LogP contribution in [-0.4, -0.2) is 18.3 Å². The maximum Gasteiger partial charge on any atom is 3.00 e. The van der Waals surface area contributed by atoms with Gasteiger partial charge in [-0.25, -0.2) is 0 Å². The first-order chi connectivity index (χ1) is 30.0. The van der Waals surface area contributed by atoms with E-state index in [4.69, 9.17) is 11.1 Å². The minimum atomic E-state index is -2.03. The summed E-state index contributed by atoms with van der Waals surface area (Å²) >= 11 is -2.03. The zero-order valence-corrected chi connectivity index (χ0v) is 39.9. The van der Waals surface area contributed by atoms with Crippen LogP contribution >= 0.6 is 0 Å². The van der Waals surface area contributed by atoms with Gasteiger partial charge in [0.05, 0.1) is 0 Å². The number of nitrogens with zero attached hydrogens (tertiary/aromatic N) is 3. The summed E-state index contributed by atoms with van der Waals surface area (Å²) in [5.41, 5.74) is 11.2. The Morgan fingerprint density at radius 3 is 2.10 bits per heavy atom. The van der Waals surface area contributed by atoms with Crippen molar-refractivity contribution in [1.29, 1.82) is 0 Å². The van der Waals surface area contributed by atoms with E-state index in [-0.39, 0.29) is 26.3 Å². The van der Waals surface area contributed by atoms with E-state index in [1.807, 2.05) is 50.4 Å². The van der Waals surface area contributed by atoms with Crippen LogP contribution in [0.1, 0.15) is 38.4 Å². The molecule has 0 saturated heterocycles. The molecule has 1 aliphatic rings. The fourth-order valence-corrected chi connectivity index (χ4v) is 12.1. The van der Waals surface area contributed by atoms with Crippen LogP contribution < -0.4 is 9.30 Å². The number of hydrogen-bond donors (Lipinski definition) is 0. The quantitative estimate of drug-likeness (QED) is 0.123. The monoisotopic (exact) mass is 1040 g/mol. The van der Waals surface area contributed by atoms with E-state index in [0.717, 1.165) is 83.1 Å². The van der Waals surface area contributed by atoms with Crippen molar-refractivity contribution in [3.8, 4) is 22.4 Å². The number of rotatable bonds is 6. The molecule has 2 aromatic heterocycles. The molecule has 0 bridgehead atoms. The molecule has 1 aliphatic heterocycles. The van der Waals surface area contributed by atoms with Gasteiger partial charge in [0.2, 0.25) is 0 Å². The first-order valence-corrected chi connectivity index (χ1v) is 28.3. The second kappa shape index (κ2) is 17.1. The molecule has 0 aliphatic carbocycles. The van der Waals surface area contributed by atoms with Gasteiger partial charge in [-0.1, -0.05) is 121 Å². The molecule has 0 spiro atoms. The van der Waals surface area contributed by atoms with Gasteiger partial charge < -0.3 is 14.6 Å². The van der Waals surface area contributed by atoms with Gasteiger partial charge in [0.15, 0.2) is 0 Å². The van der Waals surface area contributed by atoms with Crippen LogP contribution in [0.25, 0.3) is 71.2 Å². The van der Waals surface area contributed by atoms with Crippen LogP contribution in [0.4, 0.5) is 17.1 Å². The molecule has 0 saturated carbocycles. The third-order valence-electron chi connectivity index (χ3n) is 11.7. The van der Waals surface area contributed by atoms with E-state index >= 15 is 0 Å². The molecule has 0 N–H and O–H groups in total. The van der Waals surface area contributed by atoms with Gasteiger partial charge in [-0.15, -0.1) is 11.3 Å². The second-order valence-corrected chi connectivity index (χ2v) is 27.5. The van der Waals surface area contributed by atoms with Crippen molar-refractivity contribution in [3.05, 3.63) is 205 Å². The molecule has 6 heteroatoms. The number of aromatic nitrogens is 1. The van der Waals surface area contributed by atoms with E-state index in [1.54, 1.807) is 0 Å². The largest absolute Gasteiger partial charge is 3.00 e. The molecular formula is C56H46GeIrN3O. The SMILES string of the molecule is [2H]C(C)(C)c1cc(-c2[c-]cccc2)nc[c]1[Ge]([CH3])([CH3])[CH3].[Ir+3].[c-]1ccc2c(oc3c4ccccc4ccc23)c1C1[N-]c2c(ccc3ccccc23)N1c1ccccc1-c1ccccc1. The average molecular weight is 1040 g/mol. The number of furan rings is 1. The van der Waals surface area contributed by atoms with Crippen molar-refractivity contribution in [1.82, 2.24) is 4.98 Å². The molecule has 4 nitrogen and oxygen atoms in total. The van der Waals surface area contributed by atoms with Gasteiger partial charge in [0.1, 0.15) is 5.58 Å². The molecule has 304 valence electrons. The fraction of sp³-hybridized carbons (Fsp3) is 0.125. The normalized spacial score (nSPS) is 13.9. The minimum absolute atomic E-state index is 0. The van der Waals surface area contributed by atoms with Crippen LogP contribution in [0.15, 0.2) is 180 Å². The third-order valence-corrected chi connectivity index (χ3v) is 16.0. The topological polar surface area (TPSA) is 43.4 Å². The van der Waals surface area contributed by atoms with Crippen molar-refractivity contribution >= 4 is 78.2 Å². The summed E-state index contributed by atoms with van der Waals surface area (Å²) in [4.78, 5) is 6.98. The summed E-state index contributed by atoms with van der Waals surface area (Å²) < 4.78 is 16.5. The number of para-hydroxylation sites is 1. The van der Waals surface area contributed by atoms with Gasteiger partial charge >= 0.3 is 141 Å². The number of hydrogen-bond acceptors (Lipinski definition) is 3. The van der Waals surface area contributed by atoms with Crippen molar-refractivity contribution in [2.45, 2.75) is 43.2 Å². The Hall–Kier alpha value is -5.98. The number of fused-ring (bicyclic) bond motifs is 8. The Morgan fingerprint density at radius 2 is 1.34 bits per heavy atom. The molecule has 1 atom stereocenters. The van der Waals surface area contributed by atoms with Crippen LogP contribution in [0.3, 0.4) is 0 Å². The molecule has 3 heterocycles. The Kier molecular flexibility index (Phi) is 11.0. The number of anilines is 2. The van der Waals surface area contributed by atoms with Crippen molar-refractivity contribution in [2.24, 2.45) is 0 Å². The maximum atomic E-state index is 8.44. The van der Waals surface area contributed by atoms with E-state index in [0.29, 0.717) is 0 Å². The molecule has 11 rings (SSSR count). The molecule has 1 unspecified atom stereocenters. The van der Waals surface area contributed by atoms with E-state index in [1.165, 1.54) is 15.3 Å². The van der Waals surface area contributed by atoms with Crippen LogP contribution in [-0.2, 0) is 20.1 Å². The van der Waals surface area contributed by atoms with E-state index in [9.17, 15) is 0 Å². The molecule has 10 aromatic rings. The number of pyridine rings is 1. The summed E-state index contributed by atoms with van der Waals surface area (Å²) in [5, 5.41) is 12.2. The molecule has 0 amide bonds. The second-order valence-electron chi connectivity index (χ2n) is 17.0. The van der Waals surface area contributed by atoms with Gasteiger partial charge in [0, 0.05) is 33.3 Å². The zero-order chi connectivity index (χ0) is 42.6. The van der Waals surface area contributed by atoms with Crippen molar-refractivity contribution in [2.75, 3.05) is 4.90 Å². The van der Waals surface area contributed by atoms with Gasteiger partial charge in [-0.05, 0) is 40.0 Å². The average Bonchev–Trinajstić information content (AvgIpc) is 3.89. The minimum Gasteiger partial charge on any atom is -0.660 e.